The van der Waals surface area contributed by atoms with E-state index >= 15 is 0 Å². The molecule has 2 rings (SSSR count). The highest BCUT2D eigenvalue weighted by Gasteiger charge is 2.12. The van der Waals surface area contributed by atoms with Gasteiger partial charge in [-0.1, -0.05) is 19.3 Å². The van der Waals surface area contributed by atoms with E-state index in [-0.39, 0.29) is 0 Å². The minimum absolute atomic E-state index is 0.494. The molecule has 0 unspecified atom stereocenters. The molecule has 1 aromatic rings. The Balaban J connectivity index is 1.57. The number of hydrogen-bond acceptors (Lipinski definition) is 3. The Morgan fingerprint density at radius 1 is 1.44 bits per heavy atom. The molecule has 1 heterocycles. The second-order valence-corrected chi connectivity index (χ2v) is 4.47. The predicted molar refractivity (Wildman–Crippen MR) is 64.6 cm³/mol. The van der Waals surface area contributed by atoms with E-state index in [1.807, 2.05) is 13.1 Å². The summed E-state index contributed by atoms with van der Waals surface area (Å²) in [6.45, 7) is 3.59. The number of imidazole rings is 1. The lowest BCUT2D eigenvalue weighted by Gasteiger charge is -2.21. The van der Waals surface area contributed by atoms with Crippen molar-refractivity contribution in [3.8, 4) is 0 Å². The molecule has 0 bridgehead atoms. The number of nitrogens with one attached hydrogen (secondary N) is 2. The van der Waals surface area contributed by atoms with Crippen molar-refractivity contribution in [1.82, 2.24) is 9.97 Å². The molecule has 0 aliphatic heterocycles. The van der Waals surface area contributed by atoms with Crippen LogP contribution in [0.15, 0.2) is 6.20 Å². The van der Waals surface area contributed by atoms with Crippen molar-refractivity contribution >= 4 is 5.95 Å². The summed E-state index contributed by atoms with van der Waals surface area (Å²) in [5.74, 6) is 0.838. The van der Waals surface area contributed by atoms with E-state index in [9.17, 15) is 0 Å². The molecular weight excluding hydrogens is 202 g/mol. The number of hydrogen-bond donors (Lipinski definition) is 2. The Labute approximate surface area is 96.8 Å². The minimum atomic E-state index is 0.494. The van der Waals surface area contributed by atoms with Gasteiger partial charge in [0.1, 0.15) is 0 Å². The lowest BCUT2D eigenvalue weighted by atomic mass is 9.98. The SMILES string of the molecule is Cc1cnc(NCCOC2CCCCC2)[nH]1. The van der Waals surface area contributed by atoms with Crippen LogP contribution in [0.5, 0.6) is 0 Å². The quantitative estimate of drug-likeness (QED) is 0.754. The first-order chi connectivity index (χ1) is 7.84. The first kappa shape index (κ1) is 11.5. The van der Waals surface area contributed by atoms with Crippen molar-refractivity contribution in [3.05, 3.63) is 11.9 Å². The summed E-state index contributed by atoms with van der Waals surface area (Å²) >= 11 is 0. The summed E-state index contributed by atoms with van der Waals surface area (Å²) in [5.41, 5.74) is 1.08. The molecule has 1 aliphatic carbocycles. The Bertz CT molecular complexity index is 305. The van der Waals surface area contributed by atoms with Crippen molar-refractivity contribution in [2.45, 2.75) is 45.1 Å². The van der Waals surface area contributed by atoms with Crippen LogP contribution in [-0.4, -0.2) is 29.2 Å². The van der Waals surface area contributed by atoms with Gasteiger partial charge in [-0.15, -0.1) is 0 Å². The van der Waals surface area contributed by atoms with Crippen molar-refractivity contribution in [3.63, 3.8) is 0 Å². The van der Waals surface area contributed by atoms with Gasteiger partial charge >= 0.3 is 0 Å². The molecule has 0 saturated heterocycles. The van der Waals surface area contributed by atoms with E-state index in [4.69, 9.17) is 4.74 Å². The van der Waals surface area contributed by atoms with Gasteiger partial charge in [0.15, 0.2) is 5.95 Å². The molecule has 1 aliphatic rings. The first-order valence-corrected chi connectivity index (χ1v) is 6.21. The molecule has 4 nitrogen and oxygen atoms in total. The zero-order valence-corrected chi connectivity index (χ0v) is 9.96. The lowest BCUT2D eigenvalue weighted by molar-refractivity contribution is 0.0347. The van der Waals surface area contributed by atoms with E-state index in [1.54, 1.807) is 0 Å². The number of nitrogens with zero attached hydrogens (tertiary/aromatic N) is 1. The summed E-state index contributed by atoms with van der Waals surface area (Å²) in [4.78, 5) is 7.31. The Hall–Kier alpha value is -1.03. The van der Waals surface area contributed by atoms with E-state index < -0.39 is 0 Å². The average molecular weight is 223 g/mol. The van der Waals surface area contributed by atoms with Gasteiger partial charge in [-0.3, -0.25) is 0 Å². The Morgan fingerprint density at radius 2 is 2.25 bits per heavy atom. The van der Waals surface area contributed by atoms with Crippen LogP contribution in [0.2, 0.25) is 0 Å². The number of anilines is 1. The minimum Gasteiger partial charge on any atom is -0.376 e. The van der Waals surface area contributed by atoms with Crippen molar-refractivity contribution < 1.29 is 4.74 Å². The zero-order chi connectivity index (χ0) is 11.2. The van der Waals surface area contributed by atoms with Gasteiger partial charge < -0.3 is 15.0 Å². The molecule has 0 spiro atoms. The van der Waals surface area contributed by atoms with Crippen LogP contribution in [0.3, 0.4) is 0 Å². The van der Waals surface area contributed by atoms with Gasteiger partial charge in [0.05, 0.1) is 12.7 Å². The van der Waals surface area contributed by atoms with Gasteiger partial charge in [-0.25, -0.2) is 4.98 Å². The van der Waals surface area contributed by atoms with Gasteiger partial charge in [0.25, 0.3) is 0 Å². The van der Waals surface area contributed by atoms with Crippen LogP contribution >= 0.6 is 0 Å². The normalized spacial score (nSPS) is 17.6. The highest BCUT2D eigenvalue weighted by molar-refractivity contribution is 5.25. The molecule has 90 valence electrons. The lowest BCUT2D eigenvalue weighted by Crippen LogP contribution is -2.20. The molecule has 2 N–H and O–H groups in total. The second kappa shape index (κ2) is 5.89. The van der Waals surface area contributed by atoms with Crippen LogP contribution in [0.25, 0.3) is 0 Å². The molecule has 16 heavy (non-hydrogen) atoms. The van der Waals surface area contributed by atoms with Gasteiger partial charge in [-0.2, -0.15) is 0 Å². The van der Waals surface area contributed by atoms with Crippen LogP contribution < -0.4 is 5.32 Å². The fourth-order valence-corrected chi connectivity index (χ4v) is 2.13. The summed E-state index contributed by atoms with van der Waals surface area (Å²) in [6.07, 6.45) is 8.83. The summed E-state index contributed by atoms with van der Waals surface area (Å²) in [7, 11) is 0. The number of ether oxygens (including phenoxy) is 1. The fraction of sp³-hybridized carbons (Fsp3) is 0.750. The molecule has 0 radical (unpaired) electrons. The van der Waals surface area contributed by atoms with E-state index in [1.165, 1.54) is 32.1 Å². The maximum absolute atomic E-state index is 5.81. The summed E-state index contributed by atoms with van der Waals surface area (Å²) < 4.78 is 5.81. The van der Waals surface area contributed by atoms with Crippen molar-refractivity contribution in [1.29, 1.82) is 0 Å². The molecular formula is C12H21N3O. The van der Waals surface area contributed by atoms with Gasteiger partial charge in [0.2, 0.25) is 0 Å². The summed E-state index contributed by atoms with van der Waals surface area (Å²) in [5, 5.41) is 3.21. The predicted octanol–water partition coefficient (Wildman–Crippen LogP) is 2.48. The highest BCUT2D eigenvalue weighted by atomic mass is 16.5. The maximum Gasteiger partial charge on any atom is 0.200 e. The van der Waals surface area contributed by atoms with E-state index in [0.29, 0.717) is 6.10 Å². The Kier molecular flexibility index (Phi) is 4.22. The number of aryl methyl sites for hydroxylation is 1. The van der Waals surface area contributed by atoms with Crippen LogP contribution in [0.4, 0.5) is 5.95 Å². The monoisotopic (exact) mass is 223 g/mol. The molecule has 4 heteroatoms. The van der Waals surface area contributed by atoms with Crippen molar-refractivity contribution in [2.75, 3.05) is 18.5 Å². The third kappa shape index (κ3) is 3.52. The van der Waals surface area contributed by atoms with Crippen LogP contribution in [0, 0.1) is 6.92 Å². The molecule has 1 saturated carbocycles. The topological polar surface area (TPSA) is 49.9 Å². The van der Waals surface area contributed by atoms with Crippen LogP contribution in [-0.2, 0) is 4.74 Å². The smallest absolute Gasteiger partial charge is 0.200 e. The van der Waals surface area contributed by atoms with Crippen molar-refractivity contribution in [2.24, 2.45) is 0 Å². The summed E-state index contributed by atoms with van der Waals surface area (Å²) in [6, 6.07) is 0. The van der Waals surface area contributed by atoms with Gasteiger partial charge in [0, 0.05) is 18.4 Å². The first-order valence-electron chi connectivity index (χ1n) is 6.21. The van der Waals surface area contributed by atoms with E-state index in [0.717, 1.165) is 24.8 Å². The molecule has 0 amide bonds. The molecule has 1 fully saturated rings. The third-order valence-electron chi connectivity index (χ3n) is 3.00. The molecule has 0 atom stereocenters. The largest absolute Gasteiger partial charge is 0.376 e. The number of H-pyrrole nitrogens is 1. The maximum atomic E-state index is 5.81. The Morgan fingerprint density at radius 3 is 2.94 bits per heavy atom. The standard InChI is InChI=1S/C12H21N3O/c1-10-9-14-12(15-10)13-7-8-16-11-5-3-2-4-6-11/h9,11H,2-8H2,1H3,(H2,13,14,15). The fourth-order valence-electron chi connectivity index (χ4n) is 2.13. The van der Waals surface area contributed by atoms with Crippen LogP contribution in [0.1, 0.15) is 37.8 Å². The van der Waals surface area contributed by atoms with Gasteiger partial charge in [-0.05, 0) is 19.8 Å². The third-order valence-corrected chi connectivity index (χ3v) is 3.00. The van der Waals surface area contributed by atoms with E-state index in [2.05, 4.69) is 15.3 Å². The number of rotatable bonds is 5. The second-order valence-electron chi connectivity index (χ2n) is 4.47. The highest BCUT2D eigenvalue weighted by Crippen LogP contribution is 2.19. The number of aromatic nitrogens is 2. The molecule has 0 aromatic carbocycles. The molecule has 1 aromatic heterocycles. The average Bonchev–Trinajstić information content (AvgIpc) is 2.72. The zero-order valence-electron chi connectivity index (χ0n) is 9.96. The number of aromatic amines is 1.